The molecule has 3 heterocycles. The number of carbonyl (C=O) groups is 2. The Bertz CT molecular complexity index is 646. The van der Waals surface area contributed by atoms with Gasteiger partial charge in [0.1, 0.15) is 12.2 Å². The highest BCUT2D eigenvalue weighted by molar-refractivity contribution is 5.83. The average Bonchev–Trinajstić information content (AvgIpc) is 3.09. The van der Waals surface area contributed by atoms with E-state index in [-0.39, 0.29) is 35.7 Å². The molecule has 0 bridgehead atoms. The van der Waals surface area contributed by atoms with E-state index >= 15 is 0 Å². The Morgan fingerprint density at radius 2 is 1.96 bits per heavy atom. The number of halogens is 1. The van der Waals surface area contributed by atoms with Crippen molar-refractivity contribution in [1.29, 1.82) is 0 Å². The zero-order valence-corrected chi connectivity index (χ0v) is 18.0. The Balaban J connectivity index is 0.00000261. The lowest BCUT2D eigenvalue weighted by atomic mass is 9.76. The maximum absolute atomic E-state index is 12.7. The number of cyclic esters (lactones) is 1. The molecule has 0 aliphatic carbocycles. The quantitative estimate of drug-likeness (QED) is 0.277. The van der Waals surface area contributed by atoms with Crippen LogP contribution in [-0.2, 0) is 19.1 Å². The van der Waals surface area contributed by atoms with Crippen LogP contribution in [0.1, 0.15) is 40.5 Å². The van der Waals surface area contributed by atoms with Crippen molar-refractivity contribution in [3.05, 3.63) is 11.6 Å². The van der Waals surface area contributed by atoms with E-state index < -0.39 is 29.1 Å². The van der Waals surface area contributed by atoms with Crippen molar-refractivity contribution in [2.24, 2.45) is 5.92 Å². The van der Waals surface area contributed by atoms with Crippen LogP contribution in [0.3, 0.4) is 0 Å². The molecule has 0 aromatic heterocycles. The summed E-state index contributed by atoms with van der Waals surface area (Å²) >= 11 is 0. The van der Waals surface area contributed by atoms with Crippen LogP contribution >= 0.6 is 0 Å². The van der Waals surface area contributed by atoms with Gasteiger partial charge in [0.2, 0.25) is 0 Å². The predicted molar refractivity (Wildman–Crippen MR) is 92.9 cm³/mol. The summed E-state index contributed by atoms with van der Waals surface area (Å²) in [6.07, 6.45) is 3.52. The van der Waals surface area contributed by atoms with Gasteiger partial charge in [-0.2, -0.15) is 0 Å². The Kier molecular flexibility index (Phi) is 6.17. The van der Waals surface area contributed by atoms with E-state index in [1.807, 2.05) is 0 Å². The van der Waals surface area contributed by atoms with Crippen LogP contribution in [-0.4, -0.2) is 76.2 Å². The molecule has 0 aromatic carbocycles. The first-order valence-corrected chi connectivity index (χ1v) is 9.44. The van der Waals surface area contributed by atoms with Crippen molar-refractivity contribution < 1.29 is 50.7 Å². The molecule has 0 radical (unpaired) electrons. The van der Waals surface area contributed by atoms with Gasteiger partial charge in [0.05, 0.1) is 25.6 Å². The summed E-state index contributed by atoms with van der Waals surface area (Å²) < 4.78 is 12.0. The van der Waals surface area contributed by atoms with E-state index in [1.165, 1.54) is 20.8 Å². The third-order valence-corrected chi connectivity index (χ3v) is 6.78. The number of quaternary nitrogens is 1. The van der Waals surface area contributed by atoms with Crippen LogP contribution in [0.5, 0.6) is 0 Å². The highest BCUT2D eigenvalue weighted by Crippen LogP contribution is 2.41. The van der Waals surface area contributed by atoms with Gasteiger partial charge in [-0.25, -0.2) is 4.79 Å². The Hall–Kier alpha value is -0.960. The van der Waals surface area contributed by atoms with Gasteiger partial charge in [-0.05, 0) is 33.3 Å². The minimum absolute atomic E-state index is 0. The molecule has 8 heteroatoms. The molecule has 2 fully saturated rings. The van der Waals surface area contributed by atoms with E-state index in [9.17, 15) is 19.8 Å². The van der Waals surface area contributed by atoms with E-state index in [1.54, 1.807) is 0 Å². The molecule has 0 amide bonds. The van der Waals surface area contributed by atoms with Gasteiger partial charge >= 0.3 is 11.9 Å². The zero-order chi connectivity index (χ0) is 19.3. The number of aliphatic hydroxyl groups is 2. The summed E-state index contributed by atoms with van der Waals surface area (Å²) in [5.74, 6) is -2.61. The monoisotopic (exact) mass is 447 g/mol. The SMILES string of the molecule is CCC[N+]12CC=C3COC(=O)C(C)(O)C(C)(O)C(C)C(=O)OC(CC1)C32.[Br-]. The second-order valence-corrected chi connectivity index (χ2v) is 8.35. The third-order valence-electron chi connectivity index (χ3n) is 6.78. The van der Waals surface area contributed by atoms with Crippen molar-refractivity contribution in [2.45, 2.75) is 63.9 Å². The van der Waals surface area contributed by atoms with Gasteiger partial charge in [0, 0.05) is 12.0 Å². The van der Waals surface area contributed by atoms with Crippen LogP contribution in [0.4, 0.5) is 0 Å². The van der Waals surface area contributed by atoms with Crippen LogP contribution in [0, 0.1) is 5.92 Å². The first kappa shape index (κ1) is 22.3. The highest BCUT2D eigenvalue weighted by atomic mass is 79.9. The smallest absolute Gasteiger partial charge is 0.341 e. The summed E-state index contributed by atoms with van der Waals surface area (Å²) in [4.78, 5) is 25.2. The molecule has 6 atom stereocenters. The minimum atomic E-state index is -2.22. The minimum Gasteiger partial charge on any atom is -1.00 e. The Morgan fingerprint density at radius 1 is 1.30 bits per heavy atom. The fourth-order valence-corrected chi connectivity index (χ4v) is 4.70. The Labute approximate surface area is 170 Å². The molecule has 3 aliphatic heterocycles. The summed E-state index contributed by atoms with van der Waals surface area (Å²) in [6, 6.07) is -0.0214. The van der Waals surface area contributed by atoms with E-state index in [2.05, 4.69) is 13.0 Å². The lowest BCUT2D eigenvalue weighted by Gasteiger charge is -2.39. The molecule has 0 saturated carbocycles. The lowest BCUT2D eigenvalue weighted by molar-refractivity contribution is -0.925. The van der Waals surface area contributed by atoms with E-state index in [0.29, 0.717) is 0 Å². The molecular weight excluding hydrogens is 418 g/mol. The molecule has 27 heavy (non-hydrogen) atoms. The normalized spacial score (nSPS) is 44.4. The molecule has 2 saturated heterocycles. The van der Waals surface area contributed by atoms with Gasteiger partial charge in [-0.1, -0.05) is 6.92 Å². The van der Waals surface area contributed by atoms with Crippen LogP contribution in [0.15, 0.2) is 11.6 Å². The third kappa shape index (κ3) is 3.34. The summed E-state index contributed by atoms with van der Waals surface area (Å²) in [6.45, 7) is 8.81. The van der Waals surface area contributed by atoms with Gasteiger partial charge < -0.3 is 41.2 Å². The maximum Gasteiger partial charge on any atom is 0.341 e. The molecule has 3 rings (SSSR count). The first-order chi connectivity index (χ1) is 12.1. The topological polar surface area (TPSA) is 93.1 Å². The second-order valence-electron chi connectivity index (χ2n) is 8.35. The van der Waals surface area contributed by atoms with Crippen molar-refractivity contribution in [3.8, 4) is 0 Å². The van der Waals surface area contributed by atoms with Gasteiger partial charge in [-0.3, -0.25) is 4.79 Å². The van der Waals surface area contributed by atoms with Crippen molar-refractivity contribution in [3.63, 3.8) is 0 Å². The average molecular weight is 448 g/mol. The molecule has 6 unspecified atom stereocenters. The standard InChI is InChI=1S/C19H30NO6.BrH/c1-5-8-20-9-6-13-11-25-17(22)19(4,24)18(3,23)12(2)16(21)26-14(7-10-20)15(13)20;/h6,12,14-15,23-24H,5,7-11H2,1-4H3;1H/q+1;/p-1. The summed E-state index contributed by atoms with van der Waals surface area (Å²) in [5, 5.41) is 21.4. The number of nitrogens with zero attached hydrogens (tertiary/aromatic N) is 1. The van der Waals surface area contributed by atoms with Crippen molar-refractivity contribution in [1.82, 2.24) is 0 Å². The molecule has 154 valence electrons. The van der Waals surface area contributed by atoms with Crippen LogP contribution in [0.25, 0.3) is 0 Å². The van der Waals surface area contributed by atoms with Crippen LogP contribution in [0.2, 0.25) is 0 Å². The lowest BCUT2D eigenvalue weighted by Crippen LogP contribution is -3.00. The predicted octanol–water partition coefficient (Wildman–Crippen LogP) is -2.46. The van der Waals surface area contributed by atoms with E-state index in [0.717, 1.165) is 42.5 Å². The summed E-state index contributed by atoms with van der Waals surface area (Å²) in [7, 11) is 0. The molecule has 2 N–H and O–H groups in total. The second kappa shape index (κ2) is 7.46. The fraction of sp³-hybridized carbons (Fsp3) is 0.789. The van der Waals surface area contributed by atoms with Gasteiger partial charge in [-0.15, -0.1) is 0 Å². The maximum atomic E-state index is 12.7. The van der Waals surface area contributed by atoms with Gasteiger partial charge in [0.25, 0.3) is 0 Å². The molecule has 7 nitrogen and oxygen atoms in total. The highest BCUT2D eigenvalue weighted by Gasteiger charge is 2.59. The van der Waals surface area contributed by atoms with Gasteiger partial charge in [0.15, 0.2) is 17.7 Å². The Morgan fingerprint density at radius 3 is 2.59 bits per heavy atom. The fourth-order valence-electron chi connectivity index (χ4n) is 4.70. The number of rotatable bonds is 2. The van der Waals surface area contributed by atoms with Crippen molar-refractivity contribution >= 4 is 11.9 Å². The number of hydrogen-bond donors (Lipinski definition) is 2. The molecule has 0 aromatic rings. The summed E-state index contributed by atoms with van der Waals surface area (Å²) in [5.41, 5.74) is -3.30. The zero-order valence-electron chi connectivity index (χ0n) is 16.4. The number of esters is 2. The molecule has 3 aliphatic rings. The number of hydrogen-bond acceptors (Lipinski definition) is 6. The van der Waals surface area contributed by atoms with Crippen LogP contribution < -0.4 is 17.0 Å². The molecular formula is C19H30BrNO6. The first-order valence-electron chi connectivity index (χ1n) is 9.44. The van der Waals surface area contributed by atoms with E-state index in [4.69, 9.17) is 9.47 Å². The number of carbonyl (C=O) groups excluding carboxylic acids is 2. The number of ether oxygens (including phenoxy) is 2. The largest absolute Gasteiger partial charge is 1.00 e. The van der Waals surface area contributed by atoms with Crippen molar-refractivity contribution in [2.75, 3.05) is 26.2 Å². The molecule has 0 spiro atoms.